The van der Waals surface area contributed by atoms with Gasteiger partial charge in [-0.3, -0.25) is 15.5 Å². The average molecular weight is 325 g/mol. The van der Waals surface area contributed by atoms with Crippen LogP contribution in [0.3, 0.4) is 0 Å². The second kappa shape index (κ2) is 6.41. The number of hydrazone groups is 1. The summed E-state index contributed by atoms with van der Waals surface area (Å²) in [5.74, 6) is 1.19. The van der Waals surface area contributed by atoms with Gasteiger partial charge in [0.25, 0.3) is 5.69 Å². The molecule has 0 fully saturated rings. The first-order valence-electron chi connectivity index (χ1n) is 7.21. The van der Waals surface area contributed by atoms with Crippen molar-refractivity contribution >= 4 is 28.1 Å². The second-order valence-electron chi connectivity index (χ2n) is 5.07. The van der Waals surface area contributed by atoms with E-state index in [2.05, 4.69) is 10.5 Å². The number of benzene rings is 2. The number of para-hydroxylation sites is 3. The molecule has 24 heavy (non-hydrogen) atoms. The van der Waals surface area contributed by atoms with Gasteiger partial charge in [-0.2, -0.15) is 5.10 Å². The van der Waals surface area contributed by atoms with Crippen molar-refractivity contribution < 1.29 is 14.1 Å². The molecule has 0 spiro atoms. The summed E-state index contributed by atoms with van der Waals surface area (Å²) in [7, 11) is 1.58. The molecule has 0 atom stereocenters. The molecule has 1 heterocycles. The number of ether oxygens (including phenoxy) is 1. The fraction of sp³-hybridized carbons (Fsp3) is 0.118. The monoisotopic (exact) mass is 325 g/mol. The van der Waals surface area contributed by atoms with Crippen molar-refractivity contribution in [1.82, 2.24) is 0 Å². The summed E-state index contributed by atoms with van der Waals surface area (Å²) >= 11 is 0. The highest BCUT2D eigenvalue weighted by molar-refractivity contribution is 6.00. The van der Waals surface area contributed by atoms with E-state index in [4.69, 9.17) is 9.15 Å². The standard InChI is InChI=1S/C17H15N3O4/c1-11(18-19-13-7-3-4-8-14(13)20(21)22)16-10-12-6-5-9-15(23-2)17(12)24-16/h3-10,19H,1-2H3/b18-11-. The number of furan rings is 1. The van der Waals surface area contributed by atoms with Gasteiger partial charge in [0.05, 0.1) is 12.0 Å². The Morgan fingerprint density at radius 2 is 2.04 bits per heavy atom. The lowest BCUT2D eigenvalue weighted by Crippen LogP contribution is -2.00. The van der Waals surface area contributed by atoms with Crippen molar-refractivity contribution in [2.24, 2.45) is 5.10 Å². The maximum absolute atomic E-state index is 11.0. The third kappa shape index (κ3) is 2.91. The van der Waals surface area contributed by atoms with E-state index in [-0.39, 0.29) is 5.69 Å². The van der Waals surface area contributed by atoms with Crippen molar-refractivity contribution in [1.29, 1.82) is 0 Å². The molecule has 3 rings (SSSR count). The molecule has 0 aliphatic rings. The number of hydrogen-bond acceptors (Lipinski definition) is 6. The number of anilines is 1. The number of nitro benzene ring substituents is 1. The van der Waals surface area contributed by atoms with E-state index in [1.165, 1.54) is 6.07 Å². The quantitative estimate of drug-likeness (QED) is 0.431. The Balaban J connectivity index is 1.91. The summed E-state index contributed by atoms with van der Waals surface area (Å²) < 4.78 is 11.1. The van der Waals surface area contributed by atoms with Gasteiger partial charge in [0.15, 0.2) is 17.1 Å². The van der Waals surface area contributed by atoms with Crippen LogP contribution in [0.5, 0.6) is 5.75 Å². The summed E-state index contributed by atoms with van der Waals surface area (Å²) in [6.07, 6.45) is 0. The average Bonchev–Trinajstić information content (AvgIpc) is 3.04. The third-order valence-electron chi connectivity index (χ3n) is 3.53. The first kappa shape index (κ1) is 15.5. The lowest BCUT2D eigenvalue weighted by Gasteiger charge is -2.02. The number of nitrogens with zero attached hydrogens (tertiary/aromatic N) is 2. The number of methoxy groups -OCH3 is 1. The molecule has 0 aliphatic heterocycles. The van der Waals surface area contributed by atoms with Gasteiger partial charge in [-0.1, -0.05) is 24.3 Å². The first-order valence-corrected chi connectivity index (χ1v) is 7.21. The van der Waals surface area contributed by atoms with E-state index in [9.17, 15) is 10.1 Å². The largest absolute Gasteiger partial charge is 0.493 e. The van der Waals surface area contributed by atoms with Gasteiger partial charge in [-0.15, -0.1) is 0 Å². The minimum Gasteiger partial charge on any atom is -0.493 e. The maximum Gasteiger partial charge on any atom is 0.294 e. The minimum atomic E-state index is -0.459. The Bertz CT molecular complexity index is 930. The van der Waals surface area contributed by atoms with E-state index in [0.717, 1.165) is 5.39 Å². The zero-order chi connectivity index (χ0) is 17.1. The van der Waals surface area contributed by atoms with Gasteiger partial charge in [-0.25, -0.2) is 0 Å². The number of nitro groups is 1. The number of rotatable bonds is 5. The molecule has 122 valence electrons. The van der Waals surface area contributed by atoms with Crippen molar-refractivity contribution in [3.63, 3.8) is 0 Å². The van der Waals surface area contributed by atoms with Gasteiger partial charge in [-0.05, 0) is 25.1 Å². The molecule has 0 saturated carbocycles. The van der Waals surface area contributed by atoms with Gasteiger partial charge in [0, 0.05) is 11.5 Å². The zero-order valence-electron chi connectivity index (χ0n) is 13.1. The maximum atomic E-state index is 11.0. The molecule has 0 radical (unpaired) electrons. The minimum absolute atomic E-state index is 0.0414. The Hall–Kier alpha value is -3.35. The normalized spacial score (nSPS) is 11.5. The SMILES string of the molecule is COc1cccc2cc(/C(C)=N\Nc3ccccc3[N+](=O)[O-])oc12. The van der Waals surface area contributed by atoms with E-state index < -0.39 is 4.92 Å². The molecule has 7 heteroatoms. The summed E-state index contributed by atoms with van der Waals surface area (Å²) in [5.41, 5.74) is 4.19. The van der Waals surface area contributed by atoms with Crippen LogP contribution in [0.15, 0.2) is 58.0 Å². The van der Waals surface area contributed by atoms with Crippen molar-refractivity contribution in [3.8, 4) is 5.75 Å². The van der Waals surface area contributed by atoms with Crippen LogP contribution in [0.2, 0.25) is 0 Å². The van der Waals surface area contributed by atoms with Crippen LogP contribution in [0.25, 0.3) is 11.0 Å². The molecule has 1 aromatic heterocycles. The van der Waals surface area contributed by atoms with Crippen LogP contribution in [0.4, 0.5) is 11.4 Å². The predicted octanol–water partition coefficient (Wildman–Crippen LogP) is 4.19. The number of nitrogens with one attached hydrogen (secondary N) is 1. The fourth-order valence-electron chi connectivity index (χ4n) is 2.30. The van der Waals surface area contributed by atoms with Gasteiger partial charge < -0.3 is 9.15 Å². The third-order valence-corrected chi connectivity index (χ3v) is 3.53. The first-order chi connectivity index (χ1) is 11.6. The van der Waals surface area contributed by atoms with Crippen LogP contribution in [-0.2, 0) is 0 Å². The highest BCUT2D eigenvalue weighted by atomic mass is 16.6. The lowest BCUT2D eigenvalue weighted by atomic mass is 10.2. The molecule has 0 amide bonds. The fourth-order valence-corrected chi connectivity index (χ4v) is 2.30. The molecule has 2 aromatic carbocycles. The van der Waals surface area contributed by atoms with Gasteiger partial charge in [0.1, 0.15) is 11.4 Å². The molecular formula is C17H15N3O4. The van der Waals surface area contributed by atoms with Gasteiger partial charge >= 0.3 is 0 Å². The zero-order valence-corrected chi connectivity index (χ0v) is 13.1. The van der Waals surface area contributed by atoms with Crippen LogP contribution in [0, 0.1) is 10.1 Å². The van der Waals surface area contributed by atoms with Crippen LogP contribution >= 0.6 is 0 Å². The van der Waals surface area contributed by atoms with E-state index >= 15 is 0 Å². The number of hydrogen-bond donors (Lipinski definition) is 1. The Morgan fingerprint density at radius 3 is 2.79 bits per heavy atom. The summed E-state index contributed by atoms with van der Waals surface area (Å²) in [6, 6.07) is 13.8. The summed E-state index contributed by atoms with van der Waals surface area (Å²) in [6.45, 7) is 1.76. The lowest BCUT2D eigenvalue weighted by molar-refractivity contribution is -0.384. The molecule has 0 aliphatic carbocycles. The topological polar surface area (TPSA) is 89.9 Å². The van der Waals surface area contributed by atoms with E-state index in [1.54, 1.807) is 32.2 Å². The molecule has 7 nitrogen and oxygen atoms in total. The smallest absolute Gasteiger partial charge is 0.294 e. The van der Waals surface area contributed by atoms with Gasteiger partial charge in [0.2, 0.25) is 0 Å². The van der Waals surface area contributed by atoms with E-state index in [1.807, 2.05) is 24.3 Å². The second-order valence-corrected chi connectivity index (χ2v) is 5.07. The highest BCUT2D eigenvalue weighted by Crippen LogP contribution is 2.29. The molecular weight excluding hydrogens is 310 g/mol. The van der Waals surface area contributed by atoms with Crippen LogP contribution < -0.4 is 10.2 Å². The molecule has 1 N–H and O–H groups in total. The highest BCUT2D eigenvalue weighted by Gasteiger charge is 2.13. The van der Waals surface area contributed by atoms with Crippen molar-refractivity contribution in [3.05, 3.63) is 64.4 Å². The summed E-state index contributed by atoms with van der Waals surface area (Å²) in [4.78, 5) is 10.5. The molecule has 0 bridgehead atoms. The predicted molar refractivity (Wildman–Crippen MR) is 91.7 cm³/mol. The van der Waals surface area contributed by atoms with Crippen LogP contribution in [-0.4, -0.2) is 17.7 Å². The van der Waals surface area contributed by atoms with Crippen molar-refractivity contribution in [2.75, 3.05) is 12.5 Å². The Kier molecular flexibility index (Phi) is 4.15. The Labute approximate surface area is 137 Å². The van der Waals surface area contributed by atoms with Crippen molar-refractivity contribution in [2.45, 2.75) is 6.92 Å². The van der Waals surface area contributed by atoms with E-state index in [0.29, 0.717) is 28.5 Å². The van der Waals surface area contributed by atoms with Crippen LogP contribution in [0.1, 0.15) is 12.7 Å². The summed E-state index contributed by atoms with van der Waals surface area (Å²) in [5, 5.41) is 16.1. The Morgan fingerprint density at radius 1 is 1.25 bits per heavy atom. The molecule has 3 aromatic rings. The molecule has 0 saturated heterocycles. The number of fused-ring (bicyclic) bond motifs is 1. The molecule has 0 unspecified atom stereocenters.